The van der Waals surface area contributed by atoms with Crippen LogP contribution in [-0.2, 0) is 27.5 Å². The lowest BCUT2D eigenvalue weighted by molar-refractivity contribution is -0.134. The third-order valence-electron chi connectivity index (χ3n) is 4.26. The van der Waals surface area contributed by atoms with Crippen LogP contribution in [0.3, 0.4) is 0 Å². The highest BCUT2D eigenvalue weighted by Crippen LogP contribution is 2.18. The summed E-state index contributed by atoms with van der Waals surface area (Å²) in [6.45, 7) is 2.14. The first-order chi connectivity index (χ1) is 11.5. The van der Waals surface area contributed by atoms with Crippen molar-refractivity contribution in [1.82, 2.24) is 15.1 Å². The van der Waals surface area contributed by atoms with E-state index in [9.17, 15) is 9.59 Å². The van der Waals surface area contributed by atoms with E-state index in [1.54, 1.807) is 26.1 Å². The monoisotopic (exact) mass is 333 g/mol. The fraction of sp³-hybridized carbons (Fsp3) is 0.556. The molecule has 0 saturated carbocycles. The fourth-order valence-electron chi connectivity index (χ4n) is 2.95. The standard InChI is InChI=1S/C18H27N3O3/c1-20(2)18(23)16-5-4-10-21(16)12-17(22)19-11-14-6-8-15(9-7-14)13-24-3/h6-9,16H,4-5,10-13H2,1-3H3,(H,19,22). The molecule has 1 aromatic carbocycles. The van der Waals surface area contributed by atoms with E-state index in [0.717, 1.165) is 30.5 Å². The molecule has 6 heteroatoms. The van der Waals surface area contributed by atoms with Gasteiger partial charge < -0.3 is 15.0 Å². The average Bonchev–Trinajstić information content (AvgIpc) is 3.01. The maximum atomic E-state index is 12.2. The summed E-state index contributed by atoms with van der Waals surface area (Å²) in [5.74, 6) is 0.0310. The lowest BCUT2D eigenvalue weighted by Crippen LogP contribution is -2.46. The Morgan fingerprint density at radius 1 is 1.25 bits per heavy atom. The minimum absolute atomic E-state index is 0.0468. The molecule has 1 aliphatic rings. The number of nitrogens with zero attached hydrogens (tertiary/aromatic N) is 2. The van der Waals surface area contributed by atoms with Crippen molar-refractivity contribution in [3.63, 3.8) is 0 Å². The molecule has 1 N–H and O–H groups in total. The van der Waals surface area contributed by atoms with Gasteiger partial charge in [-0.05, 0) is 30.5 Å². The number of carbonyl (C=O) groups is 2. The van der Waals surface area contributed by atoms with E-state index in [2.05, 4.69) is 5.32 Å². The first-order valence-corrected chi connectivity index (χ1v) is 8.30. The van der Waals surface area contributed by atoms with Crippen molar-refractivity contribution < 1.29 is 14.3 Å². The molecular formula is C18H27N3O3. The van der Waals surface area contributed by atoms with Gasteiger partial charge in [-0.1, -0.05) is 24.3 Å². The zero-order valence-corrected chi connectivity index (χ0v) is 14.7. The number of nitrogens with one attached hydrogen (secondary N) is 1. The van der Waals surface area contributed by atoms with E-state index >= 15 is 0 Å². The molecule has 1 aromatic rings. The number of carbonyl (C=O) groups excluding carboxylic acids is 2. The van der Waals surface area contributed by atoms with Crippen molar-refractivity contribution in [3.8, 4) is 0 Å². The van der Waals surface area contributed by atoms with Crippen molar-refractivity contribution in [1.29, 1.82) is 0 Å². The van der Waals surface area contributed by atoms with Crippen LogP contribution in [0.1, 0.15) is 24.0 Å². The van der Waals surface area contributed by atoms with E-state index in [4.69, 9.17) is 4.74 Å². The van der Waals surface area contributed by atoms with Crippen LogP contribution < -0.4 is 5.32 Å². The van der Waals surface area contributed by atoms with Gasteiger partial charge in [0.2, 0.25) is 11.8 Å². The number of likely N-dealkylation sites (tertiary alicyclic amines) is 1. The predicted molar refractivity (Wildman–Crippen MR) is 92.3 cm³/mol. The van der Waals surface area contributed by atoms with Crippen LogP contribution in [0.15, 0.2) is 24.3 Å². The van der Waals surface area contributed by atoms with E-state index in [1.165, 1.54) is 0 Å². The zero-order valence-electron chi connectivity index (χ0n) is 14.7. The minimum atomic E-state index is -0.168. The zero-order chi connectivity index (χ0) is 17.5. The molecule has 24 heavy (non-hydrogen) atoms. The highest BCUT2D eigenvalue weighted by Gasteiger charge is 2.32. The molecular weight excluding hydrogens is 306 g/mol. The molecule has 132 valence electrons. The molecule has 0 spiro atoms. The van der Waals surface area contributed by atoms with Crippen LogP contribution in [0.4, 0.5) is 0 Å². The summed E-state index contributed by atoms with van der Waals surface area (Å²) in [6, 6.07) is 7.80. The van der Waals surface area contributed by atoms with Crippen LogP contribution in [0.2, 0.25) is 0 Å². The smallest absolute Gasteiger partial charge is 0.239 e. The number of amides is 2. The van der Waals surface area contributed by atoms with Crippen molar-refractivity contribution in [2.24, 2.45) is 0 Å². The maximum Gasteiger partial charge on any atom is 0.239 e. The van der Waals surface area contributed by atoms with Gasteiger partial charge in [-0.25, -0.2) is 0 Å². The van der Waals surface area contributed by atoms with Crippen molar-refractivity contribution in [3.05, 3.63) is 35.4 Å². The highest BCUT2D eigenvalue weighted by atomic mass is 16.5. The number of rotatable bonds is 7. The number of ether oxygens (including phenoxy) is 1. The molecule has 1 atom stereocenters. The molecule has 2 rings (SSSR count). The van der Waals surface area contributed by atoms with Crippen LogP contribution in [0.5, 0.6) is 0 Å². The Morgan fingerprint density at radius 2 is 1.92 bits per heavy atom. The number of likely N-dealkylation sites (N-methyl/N-ethyl adjacent to an activating group) is 1. The van der Waals surface area contributed by atoms with Crippen LogP contribution in [0.25, 0.3) is 0 Å². The summed E-state index contributed by atoms with van der Waals surface area (Å²) in [7, 11) is 5.18. The van der Waals surface area contributed by atoms with E-state index in [-0.39, 0.29) is 24.4 Å². The van der Waals surface area contributed by atoms with Gasteiger partial charge in [-0.3, -0.25) is 14.5 Å². The maximum absolute atomic E-state index is 12.2. The van der Waals surface area contributed by atoms with Gasteiger partial charge in [0.1, 0.15) is 0 Å². The SMILES string of the molecule is COCc1ccc(CNC(=O)CN2CCCC2C(=O)N(C)C)cc1. The van der Waals surface area contributed by atoms with Gasteiger partial charge in [0.25, 0.3) is 0 Å². The van der Waals surface area contributed by atoms with Crippen molar-refractivity contribution in [2.75, 3.05) is 34.3 Å². The van der Waals surface area contributed by atoms with Gasteiger partial charge in [0.05, 0.1) is 19.2 Å². The van der Waals surface area contributed by atoms with Crippen LogP contribution in [0, 0.1) is 0 Å². The molecule has 6 nitrogen and oxygen atoms in total. The molecule has 0 aromatic heterocycles. The summed E-state index contributed by atoms with van der Waals surface area (Å²) in [5, 5.41) is 2.93. The fourth-order valence-corrected chi connectivity index (χ4v) is 2.95. The largest absolute Gasteiger partial charge is 0.380 e. The Morgan fingerprint density at radius 3 is 2.54 bits per heavy atom. The molecule has 1 saturated heterocycles. The highest BCUT2D eigenvalue weighted by molar-refractivity contribution is 5.83. The number of hydrogen-bond donors (Lipinski definition) is 1. The summed E-state index contributed by atoms with van der Waals surface area (Å²) >= 11 is 0. The lowest BCUT2D eigenvalue weighted by atomic mass is 10.1. The Balaban J connectivity index is 1.81. The number of methoxy groups -OCH3 is 1. The Labute approximate surface area is 143 Å². The second-order valence-corrected chi connectivity index (χ2v) is 6.39. The number of hydrogen-bond acceptors (Lipinski definition) is 4. The molecule has 0 bridgehead atoms. The summed E-state index contributed by atoms with van der Waals surface area (Å²) in [6.07, 6.45) is 1.78. The van der Waals surface area contributed by atoms with E-state index < -0.39 is 0 Å². The molecule has 0 radical (unpaired) electrons. The van der Waals surface area contributed by atoms with Crippen molar-refractivity contribution >= 4 is 11.8 Å². The molecule has 1 heterocycles. The van der Waals surface area contributed by atoms with E-state index in [1.807, 2.05) is 29.2 Å². The predicted octanol–water partition coefficient (Wildman–Crippen LogP) is 1.00. The lowest BCUT2D eigenvalue weighted by Gasteiger charge is -2.25. The summed E-state index contributed by atoms with van der Waals surface area (Å²) in [4.78, 5) is 27.9. The Kier molecular flexibility index (Phi) is 6.75. The molecule has 2 amide bonds. The second kappa shape index (κ2) is 8.80. The van der Waals surface area contributed by atoms with Crippen LogP contribution >= 0.6 is 0 Å². The second-order valence-electron chi connectivity index (χ2n) is 6.39. The van der Waals surface area contributed by atoms with Gasteiger partial charge in [-0.15, -0.1) is 0 Å². The molecule has 1 aliphatic heterocycles. The Bertz CT molecular complexity index is 557. The van der Waals surface area contributed by atoms with Gasteiger partial charge >= 0.3 is 0 Å². The average molecular weight is 333 g/mol. The topological polar surface area (TPSA) is 61.9 Å². The number of benzene rings is 1. The normalized spacial score (nSPS) is 17.7. The van der Waals surface area contributed by atoms with Gasteiger partial charge in [0, 0.05) is 27.7 Å². The minimum Gasteiger partial charge on any atom is -0.380 e. The van der Waals surface area contributed by atoms with Crippen LogP contribution in [-0.4, -0.2) is 62.0 Å². The van der Waals surface area contributed by atoms with Gasteiger partial charge in [0.15, 0.2) is 0 Å². The summed E-state index contributed by atoms with van der Waals surface area (Å²) in [5.41, 5.74) is 2.15. The van der Waals surface area contributed by atoms with Crippen molar-refractivity contribution in [2.45, 2.75) is 32.0 Å². The quantitative estimate of drug-likeness (QED) is 0.809. The third-order valence-corrected chi connectivity index (χ3v) is 4.26. The third kappa shape index (κ3) is 5.04. The molecule has 1 unspecified atom stereocenters. The molecule has 0 aliphatic carbocycles. The summed E-state index contributed by atoms with van der Waals surface area (Å²) < 4.78 is 5.08. The first kappa shape index (κ1) is 18.4. The van der Waals surface area contributed by atoms with Gasteiger partial charge in [-0.2, -0.15) is 0 Å². The van der Waals surface area contributed by atoms with E-state index in [0.29, 0.717) is 13.2 Å². The first-order valence-electron chi connectivity index (χ1n) is 8.30. The Hall–Kier alpha value is -1.92. The molecule has 1 fully saturated rings.